The van der Waals surface area contributed by atoms with Crippen molar-refractivity contribution in [3.8, 4) is 23.0 Å². The van der Waals surface area contributed by atoms with E-state index in [4.69, 9.17) is 9.47 Å². The van der Waals surface area contributed by atoms with Crippen molar-refractivity contribution in [3.05, 3.63) is 227 Å². The van der Waals surface area contributed by atoms with Gasteiger partial charge in [-0.1, -0.05) is 103 Å². The first-order valence-corrected chi connectivity index (χ1v) is 19.5. The predicted octanol–water partition coefficient (Wildman–Crippen LogP) is 10.7. The van der Waals surface area contributed by atoms with E-state index in [-0.39, 0.29) is 45.2 Å². The van der Waals surface area contributed by atoms with Crippen LogP contribution in [0.25, 0.3) is 12.2 Å². The highest BCUT2D eigenvalue weighted by atomic mass is 16.5. The molecule has 0 saturated heterocycles. The first-order chi connectivity index (χ1) is 30.2. The number of benzene rings is 7. The number of carbonyl (C=O) groups excluding carboxylic acids is 6. The second-order valence-corrected chi connectivity index (χ2v) is 14.3. The molecule has 2 heterocycles. The summed E-state index contributed by atoms with van der Waals surface area (Å²) in [4.78, 5) is 82.3. The number of nitrogens with zero attached hydrogens (tertiary/aromatic N) is 2. The molecule has 0 aromatic heterocycles. The van der Waals surface area contributed by atoms with Crippen LogP contribution in [-0.2, 0) is 0 Å². The Kier molecular flexibility index (Phi) is 10.3. The minimum absolute atomic E-state index is 0.144. The van der Waals surface area contributed by atoms with E-state index >= 15 is 0 Å². The Morgan fingerprint density at radius 3 is 1.19 bits per heavy atom. The molecule has 2 aliphatic rings. The van der Waals surface area contributed by atoms with Crippen LogP contribution >= 0.6 is 0 Å². The quantitative estimate of drug-likeness (QED) is 0.0678. The fourth-order valence-electron chi connectivity index (χ4n) is 7.17. The molecular formula is C52H32N2O8. The van der Waals surface area contributed by atoms with Gasteiger partial charge in [0.1, 0.15) is 23.0 Å². The number of ether oxygens (including phenoxy) is 2. The molecule has 0 radical (unpaired) electrons. The van der Waals surface area contributed by atoms with Crippen LogP contribution in [0.2, 0.25) is 0 Å². The van der Waals surface area contributed by atoms with Gasteiger partial charge >= 0.3 is 0 Å². The van der Waals surface area contributed by atoms with Gasteiger partial charge in [-0.3, -0.25) is 28.8 Å². The van der Waals surface area contributed by atoms with Gasteiger partial charge in [-0.25, -0.2) is 9.80 Å². The van der Waals surface area contributed by atoms with Crippen molar-refractivity contribution in [2.24, 2.45) is 0 Å². The molecule has 0 N–H and O–H groups in total. The van der Waals surface area contributed by atoms with Gasteiger partial charge in [0, 0.05) is 17.2 Å². The lowest BCUT2D eigenvalue weighted by atomic mass is 10.1. The molecule has 2 aliphatic heterocycles. The third-order valence-corrected chi connectivity index (χ3v) is 10.2. The Hall–Kier alpha value is -8.76. The molecule has 0 fully saturated rings. The van der Waals surface area contributed by atoms with Crippen molar-refractivity contribution in [2.75, 3.05) is 9.80 Å². The summed E-state index contributed by atoms with van der Waals surface area (Å²) in [6, 6.07) is 47.4. The summed E-state index contributed by atoms with van der Waals surface area (Å²) >= 11 is 0. The van der Waals surface area contributed by atoms with Crippen molar-refractivity contribution in [1.82, 2.24) is 0 Å². The average molecular weight is 813 g/mol. The number of imide groups is 2. The molecule has 0 saturated carbocycles. The minimum Gasteiger partial charge on any atom is -0.457 e. The number of anilines is 2. The van der Waals surface area contributed by atoms with E-state index in [0.29, 0.717) is 34.1 Å². The van der Waals surface area contributed by atoms with Crippen LogP contribution in [0.4, 0.5) is 11.4 Å². The Labute approximate surface area is 355 Å². The van der Waals surface area contributed by atoms with Crippen LogP contribution in [0.15, 0.2) is 182 Å². The fraction of sp³-hybridized carbons (Fsp3) is 0. The zero-order chi connectivity index (χ0) is 42.7. The minimum atomic E-state index is -0.558. The Bertz CT molecular complexity index is 2840. The van der Waals surface area contributed by atoms with Crippen molar-refractivity contribution in [3.63, 3.8) is 0 Å². The average Bonchev–Trinajstić information content (AvgIpc) is 3.70. The van der Waals surface area contributed by atoms with Crippen LogP contribution < -0.4 is 19.3 Å². The van der Waals surface area contributed by atoms with Crippen molar-refractivity contribution >= 4 is 58.7 Å². The summed E-state index contributed by atoms with van der Waals surface area (Å²) < 4.78 is 12.2. The van der Waals surface area contributed by atoms with Crippen molar-refractivity contribution in [2.45, 2.75) is 0 Å². The Balaban J connectivity index is 0.872. The van der Waals surface area contributed by atoms with Gasteiger partial charge in [-0.15, -0.1) is 0 Å². The standard InChI is InChI=1S/C52H32N2O8/c55-47(26-20-33-10-3-1-4-11-33)35-14-7-16-37(28-35)53-49(57)43-24-22-41(31-45(43)51(53)59)61-39-18-9-19-40(30-39)62-42-23-25-44-46(32-42)52(60)54(50(44)58)38-17-8-15-36(29-38)48(56)27-21-34-12-5-2-6-13-34/h1-32H/b26-20-,27-21+. The van der Waals surface area contributed by atoms with Gasteiger partial charge in [0.15, 0.2) is 11.6 Å². The van der Waals surface area contributed by atoms with Crippen LogP contribution in [-0.4, -0.2) is 35.2 Å². The summed E-state index contributed by atoms with van der Waals surface area (Å²) in [6.07, 6.45) is 6.30. The maximum atomic E-state index is 13.7. The molecule has 298 valence electrons. The van der Waals surface area contributed by atoms with Gasteiger partial charge in [-0.2, -0.15) is 0 Å². The van der Waals surface area contributed by atoms with Crippen molar-refractivity contribution < 1.29 is 38.2 Å². The molecular weight excluding hydrogens is 781 g/mol. The second-order valence-electron chi connectivity index (χ2n) is 14.3. The van der Waals surface area contributed by atoms with Gasteiger partial charge in [-0.05, 0) is 96.1 Å². The molecule has 0 atom stereocenters. The zero-order valence-corrected chi connectivity index (χ0v) is 32.6. The number of rotatable bonds is 12. The maximum absolute atomic E-state index is 13.7. The third-order valence-electron chi connectivity index (χ3n) is 10.2. The summed E-state index contributed by atoms with van der Waals surface area (Å²) in [5.74, 6) is -1.42. The lowest BCUT2D eigenvalue weighted by Gasteiger charge is -2.14. The number of allylic oxidation sites excluding steroid dienone is 2. The number of hydrogen-bond donors (Lipinski definition) is 0. The maximum Gasteiger partial charge on any atom is 0.266 e. The van der Waals surface area contributed by atoms with Gasteiger partial charge in [0.05, 0.1) is 33.6 Å². The molecule has 0 spiro atoms. The number of fused-ring (bicyclic) bond motifs is 2. The summed E-state index contributed by atoms with van der Waals surface area (Å²) in [5, 5.41) is 0. The van der Waals surface area contributed by atoms with Gasteiger partial charge < -0.3 is 9.47 Å². The van der Waals surface area contributed by atoms with E-state index in [9.17, 15) is 28.8 Å². The molecule has 10 heteroatoms. The van der Waals surface area contributed by atoms with E-state index in [1.807, 2.05) is 60.7 Å². The number of ketones is 2. The molecule has 4 amide bonds. The Morgan fingerprint density at radius 2 is 0.758 bits per heavy atom. The first kappa shape index (κ1) is 38.7. The van der Waals surface area contributed by atoms with Crippen LogP contribution in [0.1, 0.15) is 73.3 Å². The molecule has 0 bridgehead atoms. The summed E-state index contributed by atoms with van der Waals surface area (Å²) in [6.45, 7) is 0. The molecule has 0 aliphatic carbocycles. The van der Waals surface area contributed by atoms with E-state index < -0.39 is 23.6 Å². The summed E-state index contributed by atoms with van der Waals surface area (Å²) in [7, 11) is 0. The lowest BCUT2D eigenvalue weighted by molar-refractivity contribution is 0.0910. The normalized spacial score (nSPS) is 13.2. The highest BCUT2D eigenvalue weighted by Gasteiger charge is 2.38. The second kappa shape index (κ2) is 16.5. The number of hydrogen-bond acceptors (Lipinski definition) is 8. The van der Waals surface area contributed by atoms with E-state index in [2.05, 4.69) is 0 Å². The monoisotopic (exact) mass is 812 g/mol. The summed E-state index contributed by atoms with van der Waals surface area (Å²) in [5.41, 5.74) is 3.58. The van der Waals surface area contributed by atoms with Crippen LogP contribution in [0.5, 0.6) is 23.0 Å². The fourth-order valence-corrected chi connectivity index (χ4v) is 7.17. The van der Waals surface area contributed by atoms with E-state index in [1.165, 1.54) is 48.6 Å². The molecule has 0 unspecified atom stereocenters. The van der Waals surface area contributed by atoms with Crippen LogP contribution in [0.3, 0.4) is 0 Å². The Morgan fingerprint density at radius 1 is 0.371 bits per heavy atom. The SMILES string of the molecule is O=C(/C=C\c1ccccc1)c1cccc(N2C(=O)c3ccc(Oc4cccc(Oc5ccc6c(c5)C(=O)N(c5cccc(C(=O)/C=C/c7ccccc7)c5)C6=O)c4)cc3C2=O)c1. The topological polar surface area (TPSA) is 127 Å². The number of amides is 4. The largest absolute Gasteiger partial charge is 0.457 e. The van der Waals surface area contributed by atoms with E-state index in [0.717, 1.165) is 20.9 Å². The lowest BCUT2D eigenvalue weighted by Crippen LogP contribution is -2.29. The molecule has 7 aromatic rings. The highest BCUT2D eigenvalue weighted by Crippen LogP contribution is 2.36. The van der Waals surface area contributed by atoms with Crippen molar-refractivity contribution in [1.29, 1.82) is 0 Å². The third kappa shape index (κ3) is 7.74. The van der Waals surface area contributed by atoms with Gasteiger partial charge in [0.2, 0.25) is 0 Å². The zero-order valence-electron chi connectivity index (χ0n) is 32.6. The van der Waals surface area contributed by atoms with Gasteiger partial charge in [0.25, 0.3) is 23.6 Å². The first-order valence-electron chi connectivity index (χ1n) is 19.5. The molecule has 9 rings (SSSR count). The predicted molar refractivity (Wildman–Crippen MR) is 234 cm³/mol. The van der Waals surface area contributed by atoms with E-state index in [1.54, 1.807) is 84.9 Å². The molecule has 7 aromatic carbocycles. The molecule has 10 nitrogen and oxygen atoms in total. The molecule has 62 heavy (non-hydrogen) atoms. The smallest absolute Gasteiger partial charge is 0.266 e. The highest BCUT2D eigenvalue weighted by molar-refractivity contribution is 6.35. The number of carbonyl (C=O) groups is 6. The van der Waals surface area contributed by atoms with Crippen LogP contribution in [0, 0.1) is 0 Å².